The highest BCUT2D eigenvalue weighted by Gasteiger charge is 2.28. The number of rotatable bonds is 36. The Morgan fingerprint density at radius 1 is 0.673 bits per heavy atom. The molecule has 0 bridgehead atoms. The summed E-state index contributed by atoms with van der Waals surface area (Å²) in [6.07, 6.45) is 32.2. The van der Waals surface area contributed by atoms with E-state index in [1.807, 2.05) is 27.2 Å². The number of phosphoric ester groups is 1. The summed E-state index contributed by atoms with van der Waals surface area (Å²) in [5.41, 5.74) is 0. The summed E-state index contributed by atoms with van der Waals surface area (Å²) in [5.74, 6) is -0.431. The van der Waals surface area contributed by atoms with Crippen LogP contribution in [0.5, 0.6) is 0 Å². The Balaban J connectivity index is 4.86. The lowest BCUT2D eigenvalue weighted by Gasteiger charge is -2.25. The Morgan fingerprint density at radius 3 is 1.82 bits per heavy atom. The van der Waals surface area contributed by atoms with E-state index in [0.29, 0.717) is 11.0 Å². The summed E-state index contributed by atoms with van der Waals surface area (Å²) in [5, 5.41) is 44.2. The fraction of sp³-hybridized carbons (Fsp3) is 0.744. The van der Waals surface area contributed by atoms with Gasteiger partial charge in [0.25, 0.3) is 0 Å². The zero-order chi connectivity index (χ0) is 41.2. The number of likely N-dealkylation sites (N-methyl/N-ethyl adjacent to an activating group) is 1. The molecule has 11 nitrogen and oxygen atoms in total. The number of allylic oxidation sites excluding steroid dienone is 7. The molecular formula is C43H80N2O9P+. The van der Waals surface area contributed by atoms with E-state index in [1.54, 1.807) is 48.6 Å². The molecule has 0 spiro atoms. The highest BCUT2D eigenvalue weighted by molar-refractivity contribution is 7.47. The van der Waals surface area contributed by atoms with Crippen molar-refractivity contribution in [2.75, 3.05) is 40.9 Å². The van der Waals surface area contributed by atoms with Gasteiger partial charge in [0.2, 0.25) is 5.91 Å². The molecule has 0 saturated carbocycles. The number of aliphatic hydroxyl groups is 4. The van der Waals surface area contributed by atoms with E-state index in [0.717, 1.165) is 44.9 Å². The van der Waals surface area contributed by atoms with Gasteiger partial charge in [-0.1, -0.05) is 158 Å². The maximum Gasteiger partial charge on any atom is 0.472 e. The molecule has 0 aromatic rings. The highest BCUT2D eigenvalue weighted by Crippen LogP contribution is 2.43. The molecular weight excluding hydrogens is 719 g/mol. The van der Waals surface area contributed by atoms with Crippen molar-refractivity contribution in [3.8, 4) is 0 Å². The number of amides is 1. The van der Waals surface area contributed by atoms with E-state index in [4.69, 9.17) is 9.05 Å². The van der Waals surface area contributed by atoms with Gasteiger partial charge < -0.3 is 35.1 Å². The van der Waals surface area contributed by atoms with E-state index in [9.17, 15) is 34.7 Å². The lowest BCUT2D eigenvalue weighted by Crippen LogP contribution is -2.45. The molecule has 0 radical (unpaired) electrons. The van der Waals surface area contributed by atoms with Crippen molar-refractivity contribution in [3.63, 3.8) is 0 Å². The number of phosphoric acid groups is 1. The minimum atomic E-state index is -4.43. The van der Waals surface area contributed by atoms with Gasteiger partial charge in [-0.3, -0.25) is 13.8 Å². The molecule has 1 amide bonds. The van der Waals surface area contributed by atoms with Crippen LogP contribution in [0.15, 0.2) is 60.8 Å². The van der Waals surface area contributed by atoms with E-state index < -0.39 is 50.8 Å². The van der Waals surface area contributed by atoms with Crippen LogP contribution in [0.25, 0.3) is 0 Å². The Hall–Kier alpha value is -1.92. The first-order chi connectivity index (χ1) is 26.2. The van der Waals surface area contributed by atoms with E-state index in [1.165, 1.54) is 63.9 Å². The Labute approximate surface area is 334 Å². The van der Waals surface area contributed by atoms with E-state index in [-0.39, 0.29) is 25.9 Å². The summed E-state index contributed by atoms with van der Waals surface area (Å²) < 4.78 is 23.4. The van der Waals surface area contributed by atoms with Crippen molar-refractivity contribution >= 4 is 13.7 Å². The lowest BCUT2D eigenvalue weighted by atomic mass is 10.0. The molecule has 0 aliphatic rings. The van der Waals surface area contributed by atoms with Crippen LogP contribution in [0.2, 0.25) is 0 Å². The molecule has 0 saturated heterocycles. The van der Waals surface area contributed by atoms with Crippen LogP contribution in [0.1, 0.15) is 136 Å². The molecule has 6 atom stereocenters. The predicted octanol–water partition coefficient (Wildman–Crippen LogP) is 7.99. The second-order valence-corrected chi connectivity index (χ2v) is 17.0. The van der Waals surface area contributed by atoms with Gasteiger partial charge >= 0.3 is 7.82 Å². The van der Waals surface area contributed by atoms with E-state index in [2.05, 4.69) is 19.2 Å². The molecule has 0 rings (SSSR count). The van der Waals surface area contributed by atoms with E-state index >= 15 is 0 Å². The van der Waals surface area contributed by atoms with Crippen LogP contribution >= 0.6 is 7.82 Å². The third-order valence-electron chi connectivity index (χ3n) is 9.10. The second-order valence-electron chi connectivity index (χ2n) is 15.6. The maximum atomic E-state index is 12.9. The summed E-state index contributed by atoms with van der Waals surface area (Å²) in [6.45, 7) is 4.39. The number of hydrogen-bond donors (Lipinski definition) is 6. The zero-order valence-corrected chi connectivity index (χ0v) is 35.9. The summed E-state index contributed by atoms with van der Waals surface area (Å²) >= 11 is 0. The van der Waals surface area contributed by atoms with Gasteiger partial charge in [-0.15, -0.1) is 0 Å². The summed E-state index contributed by atoms with van der Waals surface area (Å²) in [6, 6.07) is -1.01. The van der Waals surface area contributed by atoms with Crippen molar-refractivity contribution in [1.82, 2.24) is 5.32 Å². The van der Waals surface area contributed by atoms with Gasteiger partial charge in [0.15, 0.2) is 0 Å². The highest BCUT2D eigenvalue weighted by atomic mass is 31.2. The summed E-state index contributed by atoms with van der Waals surface area (Å²) in [4.78, 5) is 23.1. The number of nitrogens with one attached hydrogen (secondary N) is 1. The number of aliphatic hydroxyl groups excluding tert-OH is 4. The quantitative estimate of drug-likeness (QED) is 0.0121. The number of hydrogen-bond acceptors (Lipinski definition) is 8. The van der Waals surface area contributed by atoms with Crippen molar-refractivity contribution in [3.05, 3.63) is 60.8 Å². The fourth-order valence-corrected chi connectivity index (χ4v) is 6.28. The average molecular weight is 800 g/mol. The van der Waals surface area contributed by atoms with Crippen LogP contribution in [0, 0.1) is 0 Å². The summed E-state index contributed by atoms with van der Waals surface area (Å²) in [7, 11) is 1.34. The minimum absolute atomic E-state index is 0.00146. The van der Waals surface area contributed by atoms with Crippen molar-refractivity contribution < 1.29 is 48.2 Å². The van der Waals surface area contributed by atoms with Gasteiger partial charge in [-0.2, -0.15) is 0 Å². The van der Waals surface area contributed by atoms with Crippen LogP contribution < -0.4 is 5.32 Å². The molecule has 12 heteroatoms. The first kappa shape index (κ1) is 53.1. The molecule has 0 aliphatic carbocycles. The number of carbonyl (C=O) groups is 1. The first-order valence-electron chi connectivity index (χ1n) is 21.0. The van der Waals surface area contributed by atoms with Crippen molar-refractivity contribution in [2.45, 2.75) is 166 Å². The van der Waals surface area contributed by atoms with Crippen molar-refractivity contribution in [2.24, 2.45) is 0 Å². The Morgan fingerprint density at radius 2 is 1.22 bits per heavy atom. The van der Waals surface area contributed by atoms with Crippen LogP contribution in [0.3, 0.4) is 0 Å². The number of carbonyl (C=O) groups excluding carboxylic acids is 1. The first-order valence-corrected chi connectivity index (χ1v) is 22.5. The van der Waals surface area contributed by atoms with Gasteiger partial charge in [0, 0.05) is 6.42 Å². The minimum Gasteiger partial charge on any atom is -0.390 e. The largest absolute Gasteiger partial charge is 0.472 e. The third-order valence-corrected chi connectivity index (χ3v) is 10.1. The lowest BCUT2D eigenvalue weighted by molar-refractivity contribution is -0.870. The molecule has 55 heavy (non-hydrogen) atoms. The SMILES string of the molecule is CCCCCCCCCCCCC/C=C/[C@@H](O)[C@H](COP(=O)(O)OCC[N+](C)(C)C)NC(=O)CCC[C@H](O)[C@@H](O)/C=C/C=C/C=C\C=C\[C@@H](O)CCCCC. The molecule has 1 unspecified atom stereocenters. The van der Waals surface area contributed by atoms with Gasteiger partial charge in [0.1, 0.15) is 13.2 Å². The normalized spacial score (nSPS) is 16.8. The van der Waals surface area contributed by atoms with Gasteiger partial charge in [-0.25, -0.2) is 4.57 Å². The fourth-order valence-electron chi connectivity index (χ4n) is 5.54. The maximum absolute atomic E-state index is 12.9. The molecule has 0 fully saturated rings. The molecule has 320 valence electrons. The topological polar surface area (TPSA) is 166 Å². The smallest absolute Gasteiger partial charge is 0.390 e. The zero-order valence-electron chi connectivity index (χ0n) is 35.0. The molecule has 0 aliphatic heterocycles. The molecule has 6 N–H and O–H groups in total. The molecule has 0 aromatic heterocycles. The molecule has 0 heterocycles. The number of nitrogens with zero attached hydrogens (tertiary/aromatic N) is 1. The van der Waals surface area contributed by atoms with Crippen LogP contribution in [0.4, 0.5) is 0 Å². The van der Waals surface area contributed by atoms with Gasteiger partial charge in [0.05, 0.1) is 58.2 Å². The predicted molar refractivity (Wildman–Crippen MR) is 225 cm³/mol. The number of unbranched alkanes of at least 4 members (excludes halogenated alkanes) is 13. The van der Waals surface area contributed by atoms with Crippen molar-refractivity contribution in [1.29, 1.82) is 0 Å². The van der Waals surface area contributed by atoms with Crippen LogP contribution in [-0.2, 0) is 18.4 Å². The van der Waals surface area contributed by atoms with Gasteiger partial charge in [-0.05, 0) is 32.1 Å². The Kier molecular flexibility index (Phi) is 33.0. The average Bonchev–Trinajstić information content (AvgIpc) is 3.12. The Bertz CT molecular complexity index is 1140. The third kappa shape index (κ3) is 35.0. The number of quaternary nitrogens is 1. The molecule has 0 aromatic carbocycles. The monoisotopic (exact) mass is 800 g/mol. The second kappa shape index (κ2) is 34.1. The van der Waals surface area contributed by atoms with Crippen LogP contribution in [-0.4, -0.2) is 107 Å². The standard InChI is InChI=1S/C43H79N2O9P/c1-6-8-10-11-12-13-14-15-16-17-18-22-26-31-40(47)39(37-54-55(51,52)53-36-35-45(3,4)5)44-43(50)34-28-33-42(49)41(48)32-27-23-20-19-21-25-30-38(46)29-24-9-7-2/h19-21,23,25-27,30-32,38-42,46-49H,6-18,22,24,28-29,33-37H2,1-5H3,(H-,44,50,51,52)/p+1/b21-19-,23-20+,30-25+,31-26+,32-27+/t38-,39-,40+,41-,42-/m0/s1.